The molecule has 0 fully saturated rings. The number of anilines is 1. The molecule has 0 unspecified atom stereocenters. The van der Waals surface area contributed by atoms with Crippen LogP contribution in [0.5, 0.6) is 5.75 Å². The predicted molar refractivity (Wildman–Crippen MR) is 76.9 cm³/mol. The third kappa shape index (κ3) is 4.54. The molecule has 106 valence electrons. The summed E-state index contributed by atoms with van der Waals surface area (Å²) in [7, 11) is 0. The SMILES string of the molecule is FC(F)Oc1ccc(CNc2cc(Cl)cc(Cl)c2)cc1. The van der Waals surface area contributed by atoms with Gasteiger partial charge in [-0.1, -0.05) is 35.3 Å². The quantitative estimate of drug-likeness (QED) is 0.817. The van der Waals surface area contributed by atoms with Crippen molar-refractivity contribution in [3.63, 3.8) is 0 Å². The molecule has 0 atom stereocenters. The molecule has 0 amide bonds. The normalized spacial score (nSPS) is 10.7. The van der Waals surface area contributed by atoms with Crippen molar-refractivity contribution in [3.05, 3.63) is 58.1 Å². The van der Waals surface area contributed by atoms with Gasteiger partial charge in [0.15, 0.2) is 0 Å². The van der Waals surface area contributed by atoms with Crippen molar-refractivity contribution in [2.75, 3.05) is 5.32 Å². The number of alkyl halides is 2. The topological polar surface area (TPSA) is 21.3 Å². The summed E-state index contributed by atoms with van der Waals surface area (Å²) >= 11 is 11.8. The molecule has 2 aromatic rings. The van der Waals surface area contributed by atoms with Crippen LogP contribution < -0.4 is 10.1 Å². The van der Waals surface area contributed by atoms with Gasteiger partial charge in [-0.15, -0.1) is 0 Å². The van der Waals surface area contributed by atoms with E-state index in [2.05, 4.69) is 10.1 Å². The molecule has 2 rings (SSSR count). The van der Waals surface area contributed by atoms with E-state index in [4.69, 9.17) is 23.2 Å². The van der Waals surface area contributed by atoms with Gasteiger partial charge in [-0.25, -0.2) is 0 Å². The van der Waals surface area contributed by atoms with E-state index in [1.807, 2.05) is 0 Å². The third-order valence-electron chi connectivity index (χ3n) is 2.51. The molecular weight excluding hydrogens is 307 g/mol. The Bertz CT molecular complexity index is 556. The van der Waals surface area contributed by atoms with E-state index >= 15 is 0 Å². The minimum Gasteiger partial charge on any atom is -0.435 e. The summed E-state index contributed by atoms with van der Waals surface area (Å²) in [5, 5.41) is 4.23. The summed E-state index contributed by atoms with van der Waals surface area (Å²) in [5.41, 5.74) is 1.71. The first-order valence-electron chi connectivity index (χ1n) is 5.76. The smallest absolute Gasteiger partial charge is 0.387 e. The van der Waals surface area contributed by atoms with Gasteiger partial charge >= 0.3 is 6.61 Å². The molecule has 0 aromatic heterocycles. The summed E-state index contributed by atoms with van der Waals surface area (Å²) in [6, 6.07) is 11.5. The molecule has 0 aliphatic carbocycles. The molecule has 0 saturated heterocycles. The monoisotopic (exact) mass is 317 g/mol. The summed E-state index contributed by atoms with van der Waals surface area (Å²) in [6.45, 7) is -2.29. The largest absolute Gasteiger partial charge is 0.435 e. The van der Waals surface area contributed by atoms with Crippen LogP contribution in [0.4, 0.5) is 14.5 Å². The molecule has 0 bridgehead atoms. The second-order valence-electron chi connectivity index (χ2n) is 4.03. The van der Waals surface area contributed by atoms with Crippen molar-refractivity contribution in [2.24, 2.45) is 0 Å². The number of nitrogens with one attached hydrogen (secondary N) is 1. The zero-order chi connectivity index (χ0) is 14.5. The Morgan fingerprint density at radius 3 is 2.15 bits per heavy atom. The highest BCUT2D eigenvalue weighted by Gasteiger charge is 2.04. The minimum atomic E-state index is -2.81. The first-order chi connectivity index (χ1) is 9.52. The van der Waals surface area contributed by atoms with Crippen LogP contribution in [0.15, 0.2) is 42.5 Å². The first kappa shape index (κ1) is 14.9. The molecule has 0 aliphatic rings. The molecule has 2 nitrogen and oxygen atoms in total. The number of rotatable bonds is 5. The van der Waals surface area contributed by atoms with E-state index < -0.39 is 6.61 Å². The zero-order valence-electron chi connectivity index (χ0n) is 10.2. The van der Waals surface area contributed by atoms with Crippen LogP contribution in [-0.4, -0.2) is 6.61 Å². The molecule has 6 heteroatoms. The van der Waals surface area contributed by atoms with Gasteiger partial charge in [0.05, 0.1) is 0 Å². The van der Waals surface area contributed by atoms with Gasteiger partial charge in [0.1, 0.15) is 5.75 Å². The number of hydrogen-bond acceptors (Lipinski definition) is 2. The standard InChI is InChI=1S/C14H11Cl2F2NO/c15-10-5-11(16)7-12(6-10)19-8-9-1-3-13(4-2-9)20-14(17)18/h1-7,14,19H,8H2. The van der Waals surface area contributed by atoms with E-state index in [0.717, 1.165) is 11.3 Å². The highest BCUT2D eigenvalue weighted by molar-refractivity contribution is 6.35. The van der Waals surface area contributed by atoms with Crippen LogP contribution in [-0.2, 0) is 6.54 Å². The fraction of sp³-hybridized carbons (Fsp3) is 0.143. The third-order valence-corrected chi connectivity index (χ3v) is 2.94. The van der Waals surface area contributed by atoms with Gasteiger partial charge in [0, 0.05) is 22.3 Å². The van der Waals surface area contributed by atoms with Crippen molar-refractivity contribution in [1.29, 1.82) is 0 Å². The van der Waals surface area contributed by atoms with E-state index in [-0.39, 0.29) is 5.75 Å². The van der Waals surface area contributed by atoms with Crippen molar-refractivity contribution >= 4 is 28.9 Å². The van der Waals surface area contributed by atoms with Gasteiger partial charge < -0.3 is 10.1 Å². The van der Waals surface area contributed by atoms with Crippen molar-refractivity contribution in [2.45, 2.75) is 13.2 Å². The Hall–Kier alpha value is -1.52. The van der Waals surface area contributed by atoms with Gasteiger partial charge in [0.2, 0.25) is 0 Å². The Kier molecular flexibility index (Phi) is 5.04. The molecule has 1 N–H and O–H groups in total. The lowest BCUT2D eigenvalue weighted by molar-refractivity contribution is -0.0498. The van der Waals surface area contributed by atoms with E-state index in [1.165, 1.54) is 12.1 Å². The summed E-state index contributed by atoms with van der Waals surface area (Å²) in [4.78, 5) is 0. The van der Waals surface area contributed by atoms with Gasteiger partial charge in [-0.2, -0.15) is 8.78 Å². The van der Waals surface area contributed by atoms with Gasteiger partial charge in [-0.3, -0.25) is 0 Å². The lowest BCUT2D eigenvalue weighted by Crippen LogP contribution is -2.02. The number of benzene rings is 2. The fourth-order valence-electron chi connectivity index (χ4n) is 1.65. The maximum atomic E-state index is 12.0. The number of halogens is 4. The van der Waals surface area contributed by atoms with Gasteiger partial charge in [-0.05, 0) is 35.9 Å². The van der Waals surface area contributed by atoms with Crippen LogP contribution in [0.1, 0.15) is 5.56 Å². The molecule has 0 heterocycles. The fourth-order valence-corrected chi connectivity index (χ4v) is 2.17. The Labute approximate surface area is 125 Å². The highest BCUT2D eigenvalue weighted by Crippen LogP contribution is 2.23. The highest BCUT2D eigenvalue weighted by atomic mass is 35.5. The van der Waals surface area contributed by atoms with Crippen LogP contribution in [0, 0.1) is 0 Å². The Morgan fingerprint density at radius 1 is 1.00 bits per heavy atom. The molecule has 0 spiro atoms. The summed E-state index contributed by atoms with van der Waals surface area (Å²) in [5.74, 6) is 0.134. The molecule has 0 radical (unpaired) electrons. The van der Waals surface area contributed by atoms with Crippen LogP contribution >= 0.6 is 23.2 Å². The van der Waals surface area contributed by atoms with E-state index in [0.29, 0.717) is 16.6 Å². The molecule has 2 aromatic carbocycles. The maximum Gasteiger partial charge on any atom is 0.387 e. The van der Waals surface area contributed by atoms with Crippen LogP contribution in [0.25, 0.3) is 0 Å². The van der Waals surface area contributed by atoms with Crippen molar-refractivity contribution in [3.8, 4) is 5.75 Å². The van der Waals surface area contributed by atoms with Crippen molar-refractivity contribution < 1.29 is 13.5 Å². The number of hydrogen-bond donors (Lipinski definition) is 1. The zero-order valence-corrected chi connectivity index (χ0v) is 11.8. The van der Waals surface area contributed by atoms with Crippen LogP contribution in [0.3, 0.4) is 0 Å². The minimum absolute atomic E-state index is 0.134. The van der Waals surface area contributed by atoms with Crippen LogP contribution in [0.2, 0.25) is 10.0 Å². The molecular formula is C14H11Cl2F2NO. The van der Waals surface area contributed by atoms with Crippen molar-refractivity contribution in [1.82, 2.24) is 0 Å². The lowest BCUT2D eigenvalue weighted by atomic mass is 10.2. The summed E-state index contributed by atoms with van der Waals surface area (Å²) < 4.78 is 28.3. The lowest BCUT2D eigenvalue weighted by Gasteiger charge is -2.09. The average molecular weight is 318 g/mol. The molecule has 20 heavy (non-hydrogen) atoms. The van der Waals surface area contributed by atoms with E-state index in [1.54, 1.807) is 30.3 Å². The second-order valence-corrected chi connectivity index (χ2v) is 4.91. The molecule has 0 aliphatic heterocycles. The Morgan fingerprint density at radius 2 is 1.60 bits per heavy atom. The summed E-state index contributed by atoms with van der Waals surface area (Å²) in [6.07, 6.45) is 0. The predicted octanol–water partition coefficient (Wildman–Crippen LogP) is 5.21. The second kappa shape index (κ2) is 6.77. The maximum absolute atomic E-state index is 12.0. The molecule has 0 saturated carbocycles. The average Bonchev–Trinajstić information content (AvgIpc) is 2.36. The Balaban J connectivity index is 1.96. The number of ether oxygens (including phenoxy) is 1. The first-order valence-corrected chi connectivity index (χ1v) is 6.52. The van der Waals surface area contributed by atoms with E-state index in [9.17, 15) is 8.78 Å². The van der Waals surface area contributed by atoms with Gasteiger partial charge in [0.25, 0.3) is 0 Å².